The van der Waals surface area contributed by atoms with Crippen LogP contribution >= 0.6 is 0 Å². The van der Waals surface area contributed by atoms with Gasteiger partial charge in [-0.1, -0.05) is 59.7 Å². The fraction of sp³-hybridized carbons (Fsp3) is 0.400. The third kappa shape index (κ3) is 3.29. The SMILES string of the molecule is CC(C)(C)c1cc(-c2cccc(N)c2N)c(O)c(C(C)(C)C)c1. The molecular formula is C20H28N2O. The third-order valence-electron chi connectivity index (χ3n) is 4.21. The first-order chi connectivity index (χ1) is 10.4. The Morgan fingerprint density at radius 2 is 1.43 bits per heavy atom. The van der Waals surface area contributed by atoms with Crippen LogP contribution in [0.3, 0.4) is 0 Å². The topological polar surface area (TPSA) is 72.3 Å². The van der Waals surface area contributed by atoms with E-state index in [1.54, 1.807) is 6.07 Å². The number of phenols is 1. The van der Waals surface area contributed by atoms with E-state index in [4.69, 9.17) is 11.5 Å². The Morgan fingerprint density at radius 3 is 1.96 bits per heavy atom. The Bertz CT molecular complexity index is 735. The van der Waals surface area contributed by atoms with Gasteiger partial charge in [-0.3, -0.25) is 0 Å². The van der Waals surface area contributed by atoms with E-state index in [1.807, 2.05) is 18.2 Å². The number of benzene rings is 2. The van der Waals surface area contributed by atoms with Gasteiger partial charge in [0.15, 0.2) is 0 Å². The standard InChI is InChI=1S/C20H28N2O/c1-19(2,3)12-10-14(13-8-7-9-16(21)17(13)22)18(23)15(11-12)20(4,5)6/h7-11,23H,21-22H2,1-6H3. The lowest BCUT2D eigenvalue weighted by atomic mass is 9.78. The van der Waals surface area contributed by atoms with E-state index >= 15 is 0 Å². The lowest BCUT2D eigenvalue weighted by molar-refractivity contribution is 0.446. The Labute approximate surface area is 139 Å². The van der Waals surface area contributed by atoms with Crippen molar-refractivity contribution in [3.63, 3.8) is 0 Å². The van der Waals surface area contributed by atoms with Crippen LogP contribution in [0.25, 0.3) is 11.1 Å². The molecule has 0 unspecified atom stereocenters. The van der Waals surface area contributed by atoms with Gasteiger partial charge in [-0.2, -0.15) is 0 Å². The molecule has 0 bridgehead atoms. The quantitative estimate of drug-likeness (QED) is 0.661. The largest absolute Gasteiger partial charge is 0.507 e. The molecule has 0 radical (unpaired) electrons. The summed E-state index contributed by atoms with van der Waals surface area (Å²) in [4.78, 5) is 0. The summed E-state index contributed by atoms with van der Waals surface area (Å²) in [6.45, 7) is 12.8. The lowest BCUT2D eigenvalue weighted by Crippen LogP contribution is -2.17. The molecular weight excluding hydrogens is 284 g/mol. The fourth-order valence-corrected chi connectivity index (χ4v) is 2.66. The van der Waals surface area contributed by atoms with Gasteiger partial charge < -0.3 is 16.6 Å². The normalized spacial score (nSPS) is 12.4. The number of hydrogen-bond acceptors (Lipinski definition) is 3. The molecule has 0 atom stereocenters. The molecule has 0 saturated heterocycles. The van der Waals surface area contributed by atoms with Gasteiger partial charge in [0.2, 0.25) is 0 Å². The number of rotatable bonds is 1. The van der Waals surface area contributed by atoms with Crippen molar-refractivity contribution in [1.29, 1.82) is 0 Å². The van der Waals surface area contributed by atoms with Crippen molar-refractivity contribution in [3.8, 4) is 16.9 Å². The van der Waals surface area contributed by atoms with E-state index in [2.05, 4.69) is 47.6 Å². The van der Waals surface area contributed by atoms with Crippen LogP contribution in [-0.2, 0) is 10.8 Å². The van der Waals surface area contributed by atoms with Crippen molar-refractivity contribution >= 4 is 11.4 Å². The summed E-state index contributed by atoms with van der Waals surface area (Å²) in [5.41, 5.74) is 16.6. The molecule has 0 spiro atoms. The first-order valence-electron chi connectivity index (χ1n) is 7.95. The van der Waals surface area contributed by atoms with E-state index in [-0.39, 0.29) is 16.6 Å². The Hall–Kier alpha value is -2.16. The van der Waals surface area contributed by atoms with Crippen LogP contribution in [0, 0.1) is 0 Å². The van der Waals surface area contributed by atoms with E-state index in [9.17, 15) is 5.11 Å². The molecule has 23 heavy (non-hydrogen) atoms. The minimum atomic E-state index is -0.171. The number of aromatic hydroxyl groups is 1. The van der Waals surface area contributed by atoms with E-state index in [1.165, 1.54) is 0 Å². The predicted octanol–water partition coefficient (Wildman–Crippen LogP) is 4.82. The molecule has 3 heteroatoms. The lowest BCUT2D eigenvalue weighted by Gasteiger charge is -2.28. The highest BCUT2D eigenvalue weighted by molar-refractivity contribution is 5.87. The van der Waals surface area contributed by atoms with Crippen LogP contribution in [-0.4, -0.2) is 5.11 Å². The zero-order chi connectivity index (χ0) is 17.6. The first kappa shape index (κ1) is 17.2. The highest BCUT2D eigenvalue weighted by atomic mass is 16.3. The predicted molar refractivity (Wildman–Crippen MR) is 99.8 cm³/mol. The number of phenolic OH excluding ortho intramolecular Hbond substituents is 1. The van der Waals surface area contributed by atoms with Gasteiger partial charge in [-0.25, -0.2) is 0 Å². The highest BCUT2D eigenvalue weighted by Gasteiger charge is 2.26. The van der Waals surface area contributed by atoms with Crippen molar-refractivity contribution < 1.29 is 5.11 Å². The van der Waals surface area contributed by atoms with Crippen LogP contribution in [0.5, 0.6) is 5.75 Å². The second-order valence-electron chi connectivity index (χ2n) is 8.23. The van der Waals surface area contributed by atoms with E-state index in [0.717, 1.165) is 22.3 Å². The summed E-state index contributed by atoms with van der Waals surface area (Å²) in [6.07, 6.45) is 0. The number of anilines is 2. The molecule has 2 aromatic rings. The van der Waals surface area contributed by atoms with Crippen molar-refractivity contribution in [3.05, 3.63) is 41.5 Å². The van der Waals surface area contributed by atoms with Crippen molar-refractivity contribution in [2.45, 2.75) is 52.4 Å². The number of nitrogens with two attached hydrogens (primary N) is 2. The van der Waals surface area contributed by atoms with Gasteiger partial charge in [0.1, 0.15) is 5.75 Å². The molecule has 2 aromatic carbocycles. The van der Waals surface area contributed by atoms with Crippen LogP contribution in [0.15, 0.2) is 30.3 Å². The average molecular weight is 312 g/mol. The molecule has 0 saturated carbocycles. The molecule has 0 aliphatic heterocycles. The summed E-state index contributed by atoms with van der Waals surface area (Å²) in [7, 11) is 0. The second-order valence-corrected chi connectivity index (χ2v) is 8.23. The van der Waals surface area contributed by atoms with Crippen LogP contribution in [0.2, 0.25) is 0 Å². The summed E-state index contributed by atoms with van der Waals surface area (Å²) in [6, 6.07) is 9.66. The molecule has 0 aliphatic carbocycles. The molecule has 5 N–H and O–H groups in total. The number of nitrogen functional groups attached to an aromatic ring is 2. The molecule has 2 rings (SSSR count). The third-order valence-corrected chi connectivity index (χ3v) is 4.21. The average Bonchev–Trinajstić information content (AvgIpc) is 2.40. The molecule has 0 heterocycles. The van der Waals surface area contributed by atoms with Gasteiger partial charge in [0.05, 0.1) is 11.4 Å². The second kappa shape index (κ2) is 5.48. The Kier molecular flexibility index (Phi) is 4.10. The van der Waals surface area contributed by atoms with Gasteiger partial charge in [-0.05, 0) is 28.5 Å². The fourth-order valence-electron chi connectivity index (χ4n) is 2.66. The molecule has 3 nitrogen and oxygen atoms in total. The summed E-state index contributed by atoms with van der Waals surface area (Å²) in [5, 5.41) is 10.9. The zero-order valence-corrected chi connectivity index (χ0v) is 15.0. The van der Waals surface area contributed by atoms with Gasteiger partial charge in [-0.15, -0.1) is 0 Å². The zero-order valence-electron chi connectivity index (χ0n) is 15.0. The van der Waals surface area contributed by atoms with Crippen molar-refractivity contribution in [2.24, 2.45) is 0 Å². The van der Waals surface area contributed by atoms with E-state index < -0.39 is 0 Å². The Balaban J connectivity index is 2.85. The van der Waals surface area contributed by atoms with Crippen LogP contribution in [0.1, 0.15) is 52.7 Å². The monoisotopic (exact) mass is 312 g/mol. The molecule has 0 amide bonds. The van der Waals surface area contributed by atoms with Crippen LogP contribution < -0.4 is 11.5 Å². The molecule has 0 aliphatic rings. The molecule has 0 fully saturated rings. The minimum Gasteiger partial charge on any atom is -0.507 e. The summed E-state index contributed by atoms with van der Waals surface area (Å²) >= 11 is 0. The van der Waals surface area contributed by atoms with Crippen molar-refractivity contribution in [2.75, 3.05) is 11.5 Å². The minimum absolute atomic E-state index is 0.0302. The maximum Gasteiger partial charge on any atom is 0.127 e. The number of para-hydroxylation sites is 1. The summed E-state index contributed by atoms with van der Waals surface area (Å²) < 4.78 is 0. The maximum atomic E-state index is 10.9. The first-order valence-corrected chi connectivity index (χ1v) is 7.95. The summed E-state index contributed by atoms with van der Waals surface area (Å²) in [5.74, 6) is 0.280. The number of hydrogen-bond donors (Lipinski definition) is 3. The smallest absolute Gasteiger partial charge is 0.127 e. The van der Waals surface area contributed by atoms with Gasteiger partial charge in [0, 0.05) is 16.7 Å². The highest BCUT2D eigenvalue weighted by Crippen LogP contribution is 2.44. The molecule has 0 aromatic heterocycles. The Morgan fingerprint density at radius 1 is 0.826 bits per heavy atom. The maximum absolute atomic E-state index is 10.9. The van der Waals surface area contributed by atoms with Gasteiger partial charge >= 0.3 is 0 Å². The van der Waals surface area contributed by atoms with Gasteiger partial charge in [0.25, 0.3) is 0 Å². The molecule has 124 valence electrons. The van der Waals surface area contributed by atoms with Crippen molar-refractivity contribution in [1.82, 2.24) is 0 Å². The van der Waals surface area contributed by atoms with Crippen LogP contribution in [0.4, 0.5) is 11.4 Å². The van der Waals surface area contributed by atoms with E-state index in [0.29, 0.717) is 11.4 Å².